The molecule has 27 heavy (non-hydrogen) atoms. The van der Waals surface area contributed by atoms with Gasteiger partial charge in [0, 0.05) is 12.3 Å². The highest BCUT2D eigenvalue weighted by Crippen LogP contribution is 2.31. The third kappa shape index (κ3) is 4.33. The van der Waals surface area contributed by atoms with Gasteiger partial charge in [-0.1, -0.05) is 12.1 Å². The van der Waals surface area contributed by atoms with Crippen LogP contribution in [0.5, 0.6) is 11.5 Å². The summed E-state index contributed by atoms with van der Waals surface area (Å²) in [4.78, 5) is 16.5. The van der Waals surface area contributed by atoms with E-state index in [2.05, 4.69) is 15.6 Å². The number of methoxy groups -OCH3 is 2. The Kier molecular flexibility index (Phi) is 5.51. The van der Waals surface area contributed by atoms with Gasteiger partial charge in [0.25, 0.3) is 5.91 Å². The van der Waals surface area contributed by atoms with Crippen molar-refractivity contribution in [3.8, 4) is 11.5 Å². The molecular weight excluding hydrogens is 349 g/mol. The zero-order valence-electron chi connectivity index (χ0n) is 14.8. The number of carbonyl (C=O) groups excluding carboxylic acids is 1. The maximum Gasteiger partial charge on any atom is 0.257 e. The van der Waals surface area contributed by atoms with Crippen molar-refractivity contribution in [1.29, 1.82) is 0 Å². The second-order valence-corrected chi connectivity index (χ2v) is 5.56. The number of amides is 1. The molecule has 0 spiro atoms. The van der Waals surface area contributed by atoms with Crippen LogP contribution in [0.1, 0.15) is 10.4 Å². The number of hydrogen-bond donors (Lipinski definition) is 2. The average Bonchev–Trinajstić information content (AvgIpc) is 2.70. The number of pyridine rings is 1. The number of nitrogens with zero attached hydrogens (tertiary/aromatic N) is 1. The normalized spacial score (nSPS) is 10.2. The number of nitrogens with one attached hydrogen (secondary N) is 2. The lowest BCUT2D eigenvalue weighted by molar-refractivity contribution is 0.102. The van der Waals surface area contributed by atoms with Crippen molar-refractivity contribution in [3.63, 3.8) is 0 Å². The number of halogens is 1. The predicted octanol–water partition coefficient (Wildman–Crippen LogP) is 4.23. The number of carbonyl (C=O) groups is 1. The Morgan fingerprint density at radius 3 is 2.48 bits per heavy atom. The predicted molar refractivity (Wildman–Crippen MR) is 101 cm³/mol. The molecule has 0 radical (unpaired) electrons. The lowest BCUT2D eigenvalue weighted by Crippen LogP contribution is -2.13. The van der Waals surface area contributed by atoms with Crippen molar-refractivity contribution in [2.45, 2.75) is 0 Å². The molecule has 0 atom stereocenters. The highest BCUT2D eigenvalue weighted by atomic mass is 19.1. The minimum atomic E-state index is -0.497. The second kappa shape index (κ2) is 8.18. The van der Waals surface area contributed by atoms with Crippen LogP contribution in [0.25, 0.3) is 0 Å². The van der Waals surface area contributed by atoms with Crippen LogP contribution in [0.3, 0.4) is 0 Å². The van der Waals surface area contributed by atoms with Gasteiger partial charge in [0.1, 0.15) is 23.1 Å². The third-order valence-electron chi connectivity index (χ3n) is 3.82. The Balaban J connectivity index is 1.72. The van der Waals surface area contributed by atoms with Crippen molar-refractivity contribution in [1.82, 2.24) is 4.98 Å². The Labute approximate surface area is 156 Å². The number of ether oxygens (including phenoxy) is 2. The molecule has 2 aromatic carbocycles. The molecule has 0 aliphatic rings. The van der Waals surface area contributed by atoms with E-state index >= 15 is 0 Å². The van der Waals surface area contributed by atoms with Crippen molar-refractivity contribution in [3.05, 3.63) is 72.2 Å². The number of aromatic nitrogens is 1. The molecular formula is C20H18FN3O3. The van der Waals surface area contributed by atoms with E-state index in [-0.39, 0.29) is 5.69 Å². The maximum atomic E-state index is 13.6. The molecule has 1 amide bonds. The lowest BCUT2D eigenvalue weighted by Gasteiger charge is -2.12. The van der Waals surface area contributed by atoms with Crippen LogP contribution < -0.4 is 20.1 Å². The summed E-state index contributed by atoms with van der Waals surface area (Å²) >= 11 is 0. The molecule has 0 saturated heterocycles. The molecule has 1 heterocycles. The van der Waals surface area contributed by atoms with Gasteiger partial charge in [0.05, 0.1) is 31.2 Å². The quantitative estimate of drug-likeness (QED) is 0.682. The second-order valence-electron chi connectivity index (χ2n) is 5.56. The molecule has 1 aromatic heterocycles. The Morgan fingerprint density at radius 1 is 1.00 bits per heavy atom. The molecule has 0 fully saturated rings. The summed E-state index contributed by atoms with van der Waals surface area (Å²) in [5.74, 6) is 0.855. The van der Waals surface area contributed by atoms with Crippen LogP contribution in [0.4, 0.5) is 21.6 Å². The number of rotatable bonds is 6. The Bertz CT molecular complexity index is 945. The van der Waals surface area contributed by atoms with Crippen LogP contribution in [0.2, 0.25) is 0 Å². The first kappa shape index (κ1) is 18.2. The Morgan fingerprint density at radius 2 is 1.81 bits per heavy atom. The van der Waals surface area contributed by atoms with Gasteiger partial charge in [-0.2, -0.15) is 0 Å². The molecule has 2 N–H and O–H groups in total. The Hall–Kier alpha value is -3.61. The maximum absolute atomic E-state index is 13.6. The summed E-state index contributed by atoms with van der Waals surface area (Å²) in [5.41, 5.74) is 1.13. The first-order valence-corrected chi connectivity index (χ1v) is 8.11. The first-order chi connectivity index (χ1) is 13.1. The minimum Gasteiger partial charge on any atom is -0.497 e. The van der Waals surface area contributed by atoms with E-state index < -0.39 is 11.7 Å². The summed E-state index contributed by atoms with van der Waals surface area (Å²) in [6.07, 6.45) is 1.41. The molecule has 138 valence electrons. The summed E-state index contributed by atoms with van der Waals surface area (Å²) in [6, 6.07) is 14.6. The van der Waals surface area contributed by atoms with Crippen LogP contribution in [0, 0.1) is 5.82 Å². The van der Waals surface area contributed by atoms with E-state index in [1.54, 1.807) is 56.7 Å². The third-order valence-corrected chi connectivity index (χ3v) is 3.82. The van der Waals surface area contributed by atoms with Gasteiger partial charge in [-0.25, -0.2) is 9.37 Å². The molecule has 0 aliphatic carbocycles. The van der Waals surface area contributed by atoms with E-state index in [1.165, 1.54) is 18.3 Å². The van der Waals surface area contributed by atoms with Crippen LogP contribution in [-0.4, -0.2) is 25.1 Å². The number of hydrogen-bond acceptors (Lipinski definition) is 5. The number of para-hydroxylation sites is 1. The number of benzene rings is 2. The van der Waals surface area contributed by atoms with Crippen LogP contribution in [0.15, 0.2) is 60.8 Å². The van der Waals surface area contributed by atoms with Gasteiger partial charge in [-0.05, 0) is 36.4 Å². The van der Waals surface area contributed by atoms with Crippen LogP contribution >= 0.6 is 0 Å². The molecule has 3 aromatic rings. The fourth-order valence-electron chi connectivity index (χ4n) is 2.40. The minimum absolute atomic E-state index is 0.118. The largest absolute Gasteiger partial charge is 0.497 e. The van der Waals surface area contributed by atoms with Gasteiger partial charge in [-0.3, -0.25) is 4.79 Å². The smallest absolute Gasteiger partial charge is 0.257 e. The van der Waals surface area contributed by atoms with Crippen molar-refractivity contribution in [2.24, 2.45) is 0 Å². The van der Waals surface area contributed by atoms with Crippen molar-refractivity contribution in [2.75, 3.05) is 24.9 Å². The zero-order valence-corrected chi connectivity index (χ0v) is 14.8. The van der Waals surface area contributed by atoms with Gasteiger partial charge < -0.3 is 20.1 Å². The van der Waals surface area contributed by atoms with Crippen molar-refractivity contribution < 1.29 is 18.7 Å². The van der Waals surface area contributed by atoms with Gasteiger partial charge in [0.2, 0.25) is 0 Å². The first-order valence-electron chi connectivity index (χ1n) is 8.11. The van der Waals surface area contributed by atoms with E-state index in [0.29, 0.717) is 28.6 Å². The van der Waals surface area contributed by atoms with Gasteiger partial charge in [-0.15, -0.1) is 0 Å². The molecule has 3 rings (SSSR count). The standard InChI is InChI=1S/C20H18FN3O3/c1-26-14-8-9-17(18(11-14)27-2)23-19-10-7-13(12-22-19)20(25)24-16-6-4-3-5-15(16)21/h3-12H,1-2H3,(H,22,23)(H,24,25). The topological polar surface area (TPSA) is 72.5 Å². The summed E-state index contributed by atoms with van der Waals surface area (Å²) in [5, 5.41) is 5.63. The summed E-state index contributed by atoms with van der Waals surface area (Å²) in [6.45, 7) is 0. The molecule has 0 aliphatic heterocycles. The van der Waals surface area contributed by atoms with Gasteiger partial charge >= 0.3 is 0 Å². The molecule has 0 unspecified atom stereocenters. The fraction of sp³-hybridized carbons (Fsp3) is 0.100. The average molecular weight is 367 g/mol. The SMILES string of the molecule is COc1ccc(Nc2ccc(C(=O)Nc3ccccc3F)cn2)c(OC)c1. The van der Waals surface area contributed by atoms with Gasteiger partial charge in [0.15, 0.2) is 0 Å². The summed E-state index contributed by atoms with van der Waals surface area (Å²) < 4.78 is 24.1. The van der Waals surface area contributed by atoms with Crippen molar-refractivity contribution >= 4 is 23.1 Å². The van der Waals surface area contributed by atoms with E-state index in [4.69, 9.17) is 9.47 Å². The highest BCUT2D eigenvalue weighted by Gasteiger charge is 2.10. The monoisotopic (exact) mass is 367 g/mol. The lowest BCUT2D eigenvalue weighted by atomic mass is 10.2. The molecule has 6 nitrogen and oxygen atoms in total. The van der Waals surface area contributed by atoms with E-state index in [9.17, 15) is 9.18 Å². The molecule has 0 bridgehead atoms. The summed E-state index contributed by atoms with van der Waals surface area (Å²) in [7, 11) is 3.14. The molecule has 0 saturated carbocycles. The van der Waals surface area contributed by atoms with E-state index in [1.807, 2.05) is 0 Å². The zero-order chi connectivity index (χ0) is 19.2. The highest BCUT2D eigenvalue weighted by molar-refractivity contribution is 6.04. The van der Waals surface area contributed by atoms with E-state index in [0.717, 1.165) is 0 Å². The fourth-order valence-corrected chi connectivity index (χ4v) is 2.40. The molecule has 7 heteroatoms. The number of anilines is 3. The van der Waals surface area contributed by atoms with Crippen LogP contribution in [-0.2, 0) is 0 Å².